The molecule has 1 aliphatic rings. The zero-order valence-electron chi connectivity index (χ0n) is 11.7. The van der Waals surface area contributed by atoms with E-state index in [1.165, 1.54) is 0 Å². The molecule has 2 unspecified atom stereocenters. The highest BCUT2D eigenvalue weighted by Crippen LogP contribution is 2.27. The lowest BCUT2D eigenvalue weighted by Crippen LogP contribution is -2.37. The second kappa shape index (κ2) is 6.35. The molecular formula is C15H23FN2O. The molecule has 1 aromatic carbocycles. The Kier molecular flexibility index (Phi) is 4.77. The molecule has 0 bridgehead atoms. The van der Waals surface area contributed by atoms with E-state index in [-0.39, 0.29) is 24.4 Å². The first-order chi connectivity index (χ1) is 9.15. The first-order valence-corrected chi connectivity index (χ1v) is 6.98. The second-order valence-electron chi connectivity index (χ2n) is 5.36. The van der Waals surface area contributed by atoms with Crippen LogP contribution in [0.25, 0.3) is 0 Å². The van der Waals surface area contributed by atoms with Crippen LogP contribution in [0.4, 0.5) is 10.1 Å². The van der Waals surface area contributed by atoms with E-state index in [1.807, 2.05) is 31.0 Å². The summed E-state index contributed by atoms with van der Waals surface area (Å²) in [5, 5.41) is 12.4. The highest BCUT2D eigenvalue weighted by Gasteiger charge is 2.21. The fraction of sp³-hybridized carbons (Fsp3) is 0.600. The van der Waals surface area contributed by atoms with Crippen molar-refractivity contribution < 1.29 is 9.50 Å². The van der Waals surface area contributed by atoms with Crippen LogP contribution in [0.1, 0.15) is 31.4 Å². The van der Waals surface area contributed by atoms with Crippen molar-refractivity contribution in [3.63, 3.8) is 0 Å². The van der Waals surface area contributed by atoms with Gasteiger partial charge < -0.3 is 15.3 Å². The monoisotopic (exact) mass is 266 g/mol. The maximum absolute atomic E-state index is 14.2. The molecule has 4 heteroatoms. The average molecular weight is 266 g/mol. The molecule has 0 aliphatic carbocycles. The molecule has 2 rings (SSSR count). The van der Waals surface area contributed by atoms with Gasteiger partial charge in [0.1, 0.15) is 5.82 Å². The second-order valence-corrected chi connectivity index (χ2v) is 5.36. The Balaban J connectivity index is 2.16. The van der Waals surface area contributed by atoms with Crippen molar-refractivity contribution in [2.45, 2.75) is 25.8 Å². The van der Waals surface area contributed by atoms with E-state index >= 15 is 0 Å². The van der Waals surface area contributed by atoms with Crippen molar-refractivity contribution in [2.24, 2.45) is 5.92 Å². The number of aliphatic hydroxyl groups excluding tert-OH is 1. The molecule has 1 fully saturated rings. The number of anilines is 1. The Morgan fingerprint density at radius 1 is 1.53 bits per heavy atom. The minimum absolute atomic E-state index is 0.148. The van der Waals surface area contributed by atoms with Crippen LogP contribution in [0.2, 0.25) is 0 Å². The number of piperidine rings is 1. The Labute approximate surface area is 114 Å². The van der Waals surface area contributed by atoms with Gasteiger partial charge >= 0.3 is 0 Å². The van der Waals surface area contributed by atoms with Crippen LogP contribution in [0.15, 0.2) is 18.2 Å². The van der Waals surface area contributed by atoms with Gasteiger partial charge in [-0.25, -0.2) is 4.39 Å². The van der Waals surface area contributed by atoms with E-state index in [2.05, 4.69) is 5.32 Å². The third kappa shape index (κ3) is 3.25. The highest BCUT2D eigenvalue weighted by molar-refractivity contribution is 5.50. The lowest BCUT2D eigenvalue weighted by molar-refractivity contribution is 0.208. The number of halogens is 1. The number of hydrogen-bond donors (Lipinski definition) is 2. The maximum Gasteiger partial charge on any atom is 0.146 e. The smallest absolute Gasteiger partial charge is 0.146 e. The molecule has 1 heterocycles. The van der Waals surface area contributed by atoms with Crippen molar-refractivity contribution >= 4 is 5.69 Å². The summed E-state index contributed by atoms with van der Waals surface area (Å²) in [6.07, 6.45) is 2.04. The zero-order valence-corrected chi connectivity index (χ0v) is 11.7. The van der Waals surface area contributed by atoms with E-state index in [9.17, 15) is 9.50 Å². The predicted octanol–water partition coefficient (Wildman–Crippen LogP) is 2.31. The minimum atomic E-state index is -0.168. The molecule has 19 heavy (non-hydrogen) atoms. The molecule has 0 amide bonds. The topological polar surface area (TPSA) is 35.5 Å². The summed E-state index contributed by atoms with van der Waals surface area (Å²) in [5.74, 6) is 0.0993. The van der Waals surface area contributed by atoms with Crippen molar-refractivity contribution in [3.8, 4) is 0 Å². The Bertz CT molecular complexity index is 425. The van der Waals surface area contributed by atoms with Crippen molar-refractivity contribution in [2.75, 3.05) is 31.6 Å². The molecule has 0 aromatic heterocycles. The first kappa shape index (κ1) is 14.3. The average Bonchev–Trinajstić information content (AvgIpc) is 2.46. The summed E-state index contributed by atoms with van der Waals surface area (Å²) < 4.78 is 14.2. The number of rotatable bonds is 4. The molecule has 0 saturated carbocycles. The van der Waals surface area contributed by atoms with E-state index in [0.29, 0.717) is 5.69 Å². The molecule has 0 radical (unpaired) electrons. The van der Waals surface area contributed by atoms with Gasteiger partial charge in [0.25, 0.3) is 0 Å². The number of nitrogens with zero attached hydrogens (tertiary/aromatic N) is 1. The lowest BCUT2D eigenvalue weighted by Gasteiger charge is -2.34. The van der Waals surface area contributed by atoms with Crippen molar-refractivity contribution in [1.29, 1.82) is 0 Å². The third-order valence-electron chi connectivity index (χ3n) is 4.02. The fourth-order valence-corrected chi connectivity index (χ4v) is 2.65. The first-order valence-electron chi connectivity index (χ1n) is 6.98. The molecule has 1 aliphatic heterocycles. The van der Waals surface area contributed by atoms with E-state index in [1.54, 1.807) is 6.07 Å². The summed E-state index contributed by atoms with van der Waals surface area (Å²) >= 11 is 0. The van der Waals surface area contributed by atoms with Gasteiger partial charge in [-0.1, -0.05) is 6.07 Å². The Hall–Kier alpha value is -1.13. The molecular weight excluding hydrogens is 243 g/mol. The third-order valence-corrected chi connectivity index (χ3v) is 4.02. The van der Waals surface area contributed by atoms with Gasteiger partial charge in [0.2, 0.25) is 0 Å². The number of benzene rings is 1. The van der Waals surface area contributed by atoms with Crippen LogP contribution in [0.3, 0.4) is 0 Å². The van der Waals surface area contributed by atoms with Gasteiger partial charge in [-0.3, -0.25) is 0 Å². The van der Waals surface area contributed by atoms with Gasteiger partial charge in [0.05, 0.1) is 5.69 Å². The molecule has 2 atom stereocenters. The molecule has 2 N–H and O–H groups in total. The van der Waals surface area contributed by atoms with Gasteiger partial charge in [-0.05, 0) is 50.4 Å². The van der Waals surface area contributed by atoms with Gasteiger partial charge in [-0.2, -0.15) is 0 Å². The predicted molar refractivity (Wildman–Crippen MR) is 75.9 cm³/mol. The van der Waals surface area contributed by atoms with E-state index < -0.39 is 0 Å². The quantitative estimate of drug-likeness (QED) is 0.878. The Morgan fingerprint density at radius 2 is 2.32 bits per heavy atom. The minimum Gasteiger partial charge on any atom is -0.396 e. The molecule has 0 spiro atoms. The van der Waals surface area contributed by atoms with E-state index in [0.717, 1.165) is 31.5 Å². The molecule has 1 saturated heterocycles. The van der Waals surface area contributed by atoms with Crippen molar-refractivity contribution in [1.82, 2.24) is 5.32 Å². The van der Waals surface area contributed by atoms with Gasteiger partial charge in [0, 0.05) is 25.7 Å². The van der Waals surface area contributed by atoms with E-state index in [4.69, 9.17) is 0 Å². The summed E-state index contributed by atoms with van der Waals surface area (Å²) in [5.41, 5.74) is 1.62. The van der Waals surface area contributed by atoms with Crippen LogP contribution in [-0.2, 0) is 0 Å². The summed E-state index contributed by atoms with van der Waals surface area (Å²) in [4.78, 5) is 2.05. The molecule has 1 aromatic rings. The lowest BCUT2D eigenvalue weighted by atomic mass is 9.98. The van der Waals surface area contributed by atoms with Gasteiger partial charge in [-0.15, -0.1) is 0 Å². The molecule has 106 valence electrons. The standard InChI is InChI=1S/C15H23FN2O/c1-11(17-2)13-5-6-15(14(16)8-13)18-7-3-4-12(9-18)10-19/h5-6,8,11-12,17,19H,3-4,7,9-10H2,1-2H3. The molecule has 3 nitrogen and oxygen atoms in total. The number of nitrogens with one attached hydrogen (secondary N) is 1. The van der Waals surface area contributed by atoms with Crippen LogP contribution in [0.5, 0.6) is 0 Å². The number of hydrogen-bond acceptors (Lipinski definition) is 3. The Morgan fingerprint density at radius 3 is 2.95 bits per heavy atom. The normalized spacial score (nSPS) is 21.5. The highest BCUT2D eigenvalue weighted by atomic mass is 19.1. The van der Waals surface area contributed by atoms with Crippen LogP contribution in [0, 0.1) is 11.7 Å². The maximum atomic E-state index is 14.2. The largest absolute Gasteiger partial charge is 0.396 e. The summed E-state index contributed by atoms with van der Waals surface area (Å²) in [7, 11) is 1.87. The fourth-order valence-electron chi connectivity index (χ4n) is 2.65. The van der Waals surface area contributed by atoms with Crippen LogP contribution >= 0.6 is 0 Å². The zero-order chi connectivity index (χ0) is 13.8. The SMILES string of the molecule is CNC(C)c1ccc(N2CCCC(CO)C2)c(F)c1. The van der Waals surface area contributed by atoms with Crippen molar-refractivity contribution in [3.05, 3.63) is 29.6 Å². The van der Waals surface area contributed by atoms with Crippen LogP contribution < -0.4 is 10.2 Å². The summed E-state index contributed by atoms with van der Waals surface area (Å²) in [6, 6.07) is 5.59. The van der Waals surface area contributed by atoms with Crippen LogP contribution in [-0.4, -0.2) is 31.9 Å². The summed E-state index contributed by atoms with van der Waals surface area (Å²) in [6.45, 7) is 3.81. The van der Waals surface area contributed by atoms with Gasteiger partial charge in [0.15, 0.2) is 0 Å². The number of aliphatic hydroxyl groups is 1.